The predicted molar refractivity (Wildman–Crippen MR) is 86.1 cm³/mol. The number of para-hydroxylation sites is 1. The summed E-state index contributed by atoms with van der Waals surface area (Å²) in [6.45, 7) is 2.03. The van der Waals surface area contributed by atoms with Gasteiger partial charge < -0.3 is 4.90 Å². The van der Waals surface area contributed by atoms with E-state index < -0.39 is 5.41 Å². The van der Waals surface area contributed by atoms with Crippen LogP contribution in [0, 0.1) is 11.3 Å². The summed E-state index contributed by atoms with van der Waals surface area (Å²) < 4.78 is 0. The van der Waals surface area contributed by atoms with Gasteiger partial charge in [-0.2, -0.15) is 5.26 Å². The summed E-state index contributed by atoms with van der Waals surface area (Å²) in [5, 5.41) is 9.88. The molecule has 0 aromatic heterocycles. The number of hydrogen-bond donors (Lipinski definition) is 0. The van der Waals surface area contributed by atoms with E-state index in [4.69, 9.17) is 0 Å². The number of nitrogens with zero attached hydrogens (tertiary/aromatic N) is 2. The van der Waals surface area contributed by atoms with Crippen molar-refractivity contribution in [3.05, 3.63) is 78.0 Å². The molecule has 0 saturated carbocycles. The third-order valence-corrected chi connectivity index (χ3v) is 4.38. The highest BCUT2D eigenvalue weighted by Crippen LogP contribution is 2.44. The number of anilines is 1. The van der Waals surface area contributed by atoms with Gasteiger partial charge in [0.05, 0.1) is 11.5 Å². The van der Waals surface area contributed by atoms with Crippen molar-refractivity contribution < 1.29 is 0 Å². The van der Waals surface area contributed by atoms with Gasteiger partial charge in [-0.3, -0.25) is 0 Å². The SMILES string of the molecule is CN1C=CC(C(C)(C#N)c2ccccc2)c2ccccc21. The maximum atomic E-state index is 9.88. The maximum Gasteiger partial charge on any atom is 0.0898 e. The van der Waals surface area contributed by atoms with Crippen molar-refractivity contribution in [2.24, 2.45) is 0 Å². The number of allylic oxidation sites excluding steroid dienone is 1. The molecule has 0 aliphatic carbocycles. The Morgan fingerprint density at radius 3 is 2.43 bits per heavy atom. The normalized spacial score (nSPS) is 19.5. The molecule has 1 heterocycles. The van der Waals surface area contributed by atoms with Crippen LogP contribution in [0.25, 0.3) is 0 Å². The van der Waals surface area contributed by atoms with E-state index in [9.17, 15) is 5.26 Å². The first-order valence-electron chi connectivity index (χ1n) is 7.13. The molecule has 2 aromatic rings. The fourth-order valence-corrected chi connectivity index (χ4v) is 3.07. The summed E-state index contributed by atoms with van der Waals surface area (Å²) in [6.07, 6.45) is 4.20. The van der Waals surface area contributed by atoms with Gasteiger partial charge in [-0.1, -0.05) is 54.6 Å². The van der Waals surface area contributed by atoms with Crippen LogP contribution in [0.4, 0.5) is 5.69 Å². The largest absolute Gasteiger partial charge is 0.351 e. The van der Waals surface area contributed by atoms with Gasteiger partial charge >= 0.3 is 0 Å². The molecule has 1 aliphatic heterocycles. The Labute approximate surface area is 126 Å². The Morgan fingerprint density at radius 1 is 1.05 bits per heavy atom. The molecule has 1 aliphatic rings. The van der Waals surface area contributed by atoms with Crippen LogP contribution in [-0.2, 0) is 5.41 Å². The van der Waals surface area contributed by atoms with E-state index in [2.05, 4.69) is 35.4 Å². The van der Waals surface area contributed by atoms with Crippen LogP contribution in [0.15, 0.2) is 66.9 Å². The second-order valence-electron chi connectivity index (χ2n) is 5.67. The molecule has 0 radical (unpaired) electrons. The number of benzene rings is 2. The van der Waals surface area contributed by atoms with Crippen molar-refractivity contribution >= 4 is 5.69 Å². The summed E-state index contributed by atoms with van der Waals surface area (Å²) in [6, 6.07) is 20.9. The lowest BCUT2D eigenvalue weighted by Gasteiger charge is -2.36. The lowest BCUT2D eigenvalue weighted by Crippen LogP contribution is -2.31. The van der Waals surface area contributed by atoms with Gasteiger partial charge in [0.2, 0.25) is 0 Å². The van der Waals surface area contributed by atoms with Crippen LogP contribution in [0.2, 0.25) is 0 Å². The number of fused-ring (bicyclic) bond motifs is 1. The van der Waals surface area contributed by atoms with Crippen LogP contribution in [-0.4, -0.2) is 7.05 Å². The Bertz CT molecular complexity index is 712. The molecular formula is C19H18N2. The molecule has 3 rings (SSSR count). The van der Waals surface area contributed by atoms with E-state index in [1.165, 1.54) is 11.3 Å². The van der Waals surface area contributed by atoms with Gasteiger partial charge in [0.15, 0.2) is 0 Å². The zero-order valence-corrected chi connectivity index (χ0v) is 12.3. The predicted octanol–water partition coefficient (Wildman–Crippen LogP) is 4.22. The van der Waals surface area contributed by atoms with Crippen molar-refractivity contribution in [2.45, 2.75) is 18.3 Å². The van der Waals surface area contributed by atoms with E-state index in [1.54, 1.807) is 0 Å². The lowest BCUT2D eigenvalue weighted by atomic mass is 9.69. The minimum Gasteiger partial charge on any atom is -0.351 e. The van der Waals surface area contributed by atoms with Crippen LogP contribution in [0.5, 0.6) is 0 Å². The number of hydrogen-bond acceptors (Lipinski definition) is 2. The third kappa shape index (κ3) is 2.11. The molecule has 0 N–H and O–H groups in total. The first-order valence-corrected chi connectivity index (χ1v) is 7.13. The summed E-state index contributed by atoms with van der Waals surface area (Å²) in [4.78, 5) is 2.11. The molecule has 0 spiro atoms. The Hall–Kier alpha value is -2.53. The van der Waals surface area contributed by atoms with Crippen molar-refractivity contribution in [2.75, 3.05) is 11.9 Å². The summed E-state index contributed by atoms with van der Waals surface area (Å²) in [5.74, 6) is 0.0531. The summed E-state index contributed by atoms with van der Waals surface area (Å²) >= 11 is 0. The molecule has 0 bridgehead atoms. The van der Waals surface area contributed by atoms with Gasteiger partial charge in [-0.25, -0.2) is 0 Å². The summed E-state index contributed by atoms with van der Waals surface area (Å²) in [7, 11) is 2.04. The van der Waals surface area contributed by atoms with Crippen LogP contribution in [0.1, 0.15) is 24.0 Å². The smallest absolute Gasteiger partial charge is 0.0898 e. The van der Waals surface area contributed by atoms with Crippen molar-refractivity contribution in [1.29, 1.82) is 5.26 Å². The fraction of sp³-hybridized carbons (Fsp3) is 0.211. The van der Waals surface area contributed by atoms with E-state index in [0.717, 1.165) is 5.56 Å². The Kier molecular flexibility index (Phi) is 3.27. The van der Waals surface area contributed by atoms with Crippen LogP contribution in [0.3, 0.4) is 0 Å². The molecule has 0 amide bonds. The topological polar surface area (TPSA) is 27.0 Å². The highest BCUT2D eigenvalue weighted by atomic mass is 15.1. The second-order valence-corrected chi connectivity index (χ2v) is 5.67. The number of nitriles is 1. The monoisotopic (exact) mass is 274 g/mol. The Balaban J connectivity index is 2.15. The van der Waals surface area contributed by atoms with Gasteiger partial charge in [-0.05, 0) is 24.1 Å². The second kappa shape index (κ2) is 5.10. The molecule has 0 fully saturated rings. The van der Waals surface area contributed by atoms with Gasteiger partial charge in [0, 0.05) is 24.9 Å². The van der Waals surface area contributed by atoms with Gasteiger partial charge in [-0.15, -0.1) is 0 Å². The first kappa shape index (κ1) is 13.5. The standard InChI is InChI=1S/C19H18N2/c1-19(14-20,15-8-4-3-5-9-15)17-12-13-21(2)18-11-7-6-10-16(17)18/h3-13,17H,1-2H3. The van der Waals surface area contributed by atoms with E-state index in [-0.39, 0.29) is 5.92 Å². The fourth-order valence-electron chi connectivity index (χ4n) is 3.07. The number of rotatable bonds is 2. The average molecular weight is 274 g/mol. The molecule has 2 unspecified atom stereocenters. The molecule has 2 aromatic carbocycles. The maximum absolute atomic E-state index is 9.88. The summed E-state index contributed by atoms with van der Waals surface area (Å²) in [5.41, 5.74) is 2.86. The van der Waals surface area contributed by atoms with Crippen molar-refractivity contribution in [1.82, 2.24) is 0 Å². The van der Waals surface area contributed by atoms with Crippen molar-refractivity contribution in [3.63, 3.8) is 0 Å². The zero-order chi connectivity index (χ0) is 14.9. The molecule has 104 valence electrons. The van der Waals surface area contributed by atoms with E-state index >= 15 is 0 Å². The highest BCUT2D eigenvalue weighted by molar-refractivity contribution is 5.62. The van der Waals surface area contributed by atoms with E-state index in [1.807, 2.05) is 56.4 Å². The van der Waals surface area contributed by atoms with Crippen LogP contribution < -0.4 is 4.90 Å². The Morgan fingerprint density at radius 2 is 1.71 bits per heavy atom. The van der Waals surface area contributed by atoms with Crippen molar-refractivity contribution in [3.8, 4) is 6.07 Å². The molecule has 2 heteroatoms. The van der Waals surface area contributed by atoms with E-state index in [0.29, 0.717) is 0 Å². The first-order chi connectivity index (χ1) is 10.2. The highest BCUT2D eigenvalue weighted by Gasteiger charge is 2.38. The third-order valence-electron chi connectivity index (χ3n) is 4.38. The van der Waals surface area contributed by atoms with Crippen LogP contribution >= 0.6 is 0 Å². The molecule has 0 saturated heterocycles. The van der Waals surface area contributed by atoms with Gasteiger partial charge in [0.1, 0.15) is 0 Å². The van der Waals surface area contributed by atoms with Gasteiger partial charge in [0.25, 0.3) is 0 Å². The average Bonchev–Trinajstić information content (AvgIpc) is 2.55. The minimum absolute atomic E-state index is 0.0531. The lowest BCUT2D eigenvalue weighted by molar-refractivity contribution is 0.539. The quantitative estimate of drug-likeness (QED) is 0.820. The zero-order valence-electron chi connectivity index (χ0n) is 12.3. The minimum atomic E-state index is -0.574. The molecule has 2 atom stereocenters. The molecular weight excluding hydrogens is 256 g/mol. The molecule has 21 heavy (non-hydrogen) atoms. The molecule has 2 nitrogen and oxygen atoms in total.